The zero-order valence-corrected chi connectivity index (χ0v) is 27.7. The van der Waals surface area contributed by atoms with Crippen LogP contribution in [0.25, 0.3) is 16.6 Å². The molecule has 1 N–H and O–H groups in total. The molecule has 5 aromatic rings. The fraction of sp³-hybridized carbons (Fsp3) is 0.306. The van der Waals surface area contributed by atoms with Gasteiger partial charge >= 0.3 is 0 Å². The van der Waals surface area contributed by atoms with Gasteiger partial charge in [-0.15, -0.1) is 0 Å². The molecule has 1 saturated heterocycles. The Bertz CT molecular complexity index is 1920. The number of ether oxygens (including phenoxy) is 6. The fourth-order valence-corrected chi connectivity index (χ4v) is 5.34. The van der Waals surface area contributed by atoms with Crippen molar-refractivity contribution in [2.24, 2.45) is 0 Å². The number of methoxy groups -OCH3 is 2. The van der Waals surface area contributed by atoms with Crippen LogP contribution in [0.1, 0.15) is 16.9 Å². The number of hydrogen-bond donors (Lipinski definition) is 1. The molecular weight excluding hydrogens is 652 g/mol. The maximum atomic E-state index is 15.4. The summed E-state index contributed by atoms with van der Waals surface area (Å²) < 4.78 is 64.1. The van der Waals surface area contributed by atoms with E-state index < -0.39 is 17.5 Å². The van der Waals surface area contributed by atoms with Gasteiger partial charge in [0.15, 0.2) is 34.5 Å². The number of rotatable bonds is 15. The Morgan fingerprint density at radius 1 is 0.880 bits per heavy atom. The van der Waals surface area contributed by atoms with Crippen molar-refractivity contribution in [3.8, 4) is 34.4 Å². The molecule has 0 unspecified atom stereocenters. The molecule has 3 aromatic carbocycles. The topological polar surface area (TPSA) is 118 Å². The highest BCUT2D eigenvalue weighted by Gasteiger charge is 2.21. The predicted octanol–water partition coefficient (Wildman–Crippen LogP) is 5.88. The van der Waals surface area contributed by atoms with Crippen molar-refractivity contribution < 1.29 is 42.0 Å². The van der Waals surface area contributed by atoms with Crippen LogP contribution in [0.4, 0.5) is 14.5 Å². The number of anilines is 1. The average molecular weight is 690 g/mol. The summed E-state index contributed by atoms with van der Waals surface area (Å²) in [4.78, 5) is 20.1. The minimum Gasteiger partial charge on any atom is -0.493 e. The summed E-state index contributed by atoms with van der Waals surface area (Å²) in [6, 6.07) is 14.8. The maximum absolute atomic E-state index is 15.4. The maximum Gasteiger partial charge on any atom is 0.280 e. The molecule has 1 fully saturated rings. The monoisotopic (exact) mass is 689 g/mol. The molecule has 0 radical (unpaired) electrons. The SMILES string of the molecule is COCCOc1cn(-c2ccc(F)cc2)nc1C(=O)Nc1ccc(Oc2ccnc3cc(OCCCN4CCOCC4)c(OC)cc23)c(F)c1. The van der Waals surface area contributed by atoms with Crippen LogP contribution in [-0.4, -0.2) is 92.5 Å². The molecule has 0 aliphatic carbocycles. The molecular formula is C36H37F2N5O7. The number of halogens is 2. The summed E-state index contributed by atoms with van der Waals surface area (Å²) in [5.41, 5.74) is 1.21. The smallest absolute Gasteiger partial charge is 0.280 e. The Balaban J connectivity index is 1.14. The van der Waals surface area contributed by atoms with Gasteiger partial charge in [0, 0.05) is 56.1 Å². The molecule has 2 aromatic heterocycles. The molecule has 1 aliphatic rings. The Morgan fingerprint density at radius 3 is 2.44 bits per heavy atom. The number of aromatic nitrogens is 3. The van der Waals surface area contributed by atoms with Gasteiger partial charge in [0.2, 0.25) is 0 Å². The minimum atomic E-state index is -0.714. The van der Waals surface area contributed by atoms with Crippen molar-refractivity contribution in [1.82, 2.24) is 19.7 Å². The van der Waals surface area contributed by atoms with Crippen LogP contribution in [0.3, 0.4) is 0 Å². The first-order valence-electron chi connectivity index (χ1n) is 16.1. The average Bonchev–Trinajstić information content (AvgIpc) is 3.56. The predicted molar refractivity (Wildman–Crippen MR) is 181 cm³/mol. The van der Waals surface area contributed by atoms with Crippen LogP contribution >= 0.6 is 0 Å². The second-order valence-electron chi connectivity index (χ2n) is 11.3. The van der Waals surface area contributed by atoms with E-state index in [-0.39, 0.29) is 36.1 Å². The first-order valence-corrected chi connectivity index (χ1v) is 16.1. The van der Waals surface area contributed by atoms with Crippen LogP contribution < -0.4 is 24.3 Å². The van der Waals surface area contributed by atoms with E-state index >= 15 is 4.39 Å². The molecule has 0 bridgehead atoms. The fourth-order valence-electron chi connectivity index (χ4n) is 5.34. The van der Waals surface area contributed by atoms with Crippen molar-refractivity contribution in [3.05, 3.63) is 90.4 Å². The molecule has 12 nitrogen and oxygen atoms in total. The highest BCUT2D eigenvalue weighted by atomic mass is 19.1. The summed E-state index contributed by atoms with van der Waals surface area (Å²) in [5.74, 6) is -0.266. The molecule has 262 valence electrons. The minimum absolute atomic E-state index is 0.0520. The van der Waals surface area contributed by atoms with Crippen LogP contribution in [0.15, 0.2) is 73.1 Å². The van der Waals surface area contributed by atoms with Crippen molar-refractivity contribution in [2.45, 2.75) is 6.42 Å². The van der Waals surface area contributed by atoms with Crippen LogP contribution in [-0.2, 0) is 9.47 Å². The number of carbonyl (C=O) groups is 1. The number of nitrogens with zero attached hydrogens (tertiary/aromatic N) is 4. The quantitative estimate of drug-likeness (QED) is 0.134. The van der Waals surface area contributed by atoms with Gasteiger partial charge in [-0.3, -0.25) is 14.7 Å². The number of amides is 1. The largest absolute Gasteiger partial charge is 0.493 e. The summed E-state index contributed by atoms with van der Waals surface area (Å²) in [5, 5.41) is 7.59. The van der Waals surface area contributed by atoms with E-state index in [9.17, 15) is 9.18 Å². The Morgan fingerprint density at radius 2 is 1.68 bits per heavy atom. The summed E-state index contributed by atoms with van der Waals surface area (Å²) >= 11 is 0. The van der Waals surface area contributed by atoms with Gasteiger partial charge in [-0.25, -0.2) is 13.5 Å². The second kappa shape index (κ2) is 16.4. The van der Waals surface area contributed by atoms with Crippen molar-refractivity contribution in [2.75, 3.05) is 72.2 Å². The number of carbonyl (C=O) groups excluding carboxylic acids is 1. The Labute approximate surface area is 287 Å². The summed E-state index contributed by atoms with van der Waals surface area (Å²) in [6.45, 7) is 5.19. The van der Waals surface area contributed by atoms with Gasteiger partial charge in [-0.1, -0.05) is 0 Å². The number of morpholine rings is 1. The van der Waals surface area contributed by atoms with Gasteiger partial charge in [-0.05, 0) is 55.0 Å². The first-order chi connectivity index (χ1) is 24.4. The molecule has 1 aliphatic heterocycles. The van der Waals surface area contributed by atoms with Gasteiger partial charge in [0.05, 0.1) is 50.9 Å². The van der Waals surface area contributed by atoms with Crippen LogP contribution in [0.2, 0.25) is 0 Å². The van der Waals surface area contributed by atoms with Gasteiger partial charge in [-0.2, -0.15) is 5.10 Å². The highest BCUT2D eigenvalue weighted by Crippen LogP contribution is 2.38. The van der Waals surface area contributed by atoms with Crippen LogP contribution in [0.5, 0.6) is 28.7 Å². The van der Waals surface area contributed by atoms with E-state index in [2.05, 4.69) is 20.3 Å². The highest BCUT2D eigenvalue weighted by molar-refractivity contribution is 6.04. The van der Waals surface area contributed by atoms with Gasteiger partial charge in [0.25, 0.3) is 5.91 Å². The van der Waals surface area contributed by atoms with E-state index in [1.807, 2.05) is 0 Å². The number of fused-ring (bicyclic) bond motifs is 1. The zero-order valence-electron chi connectivity index (χ0n) is 27.7. The van der Waals surface area contributed by atoms with Gasteiger partial charge in [0.1, 0.15) is 18.2 Å². The second-order valence-corrected chi connectivity index (χ2v) is 11.3. The van der Waals surface area contributed by atoms with Crippen molar-refractivity contribution in [3.63, 3.8) is 0 Å². The summed E-state index contributed by atoms with van der Waals surface area (Å²) in [7, 11) is 3.07. The first kappa shape index (κ1) is 34.5. The van der Waals surface area contributed by atoms with Crippen LogP contribution in [0, 0.1) is 11.6 Å². The Kier molecular flexibility index (Phi) is 11.3. The molecule has 1 amide bonds. The lowest BCUT2D eigenvalue weighted by atomic mass is 10.1. The number of pyridine rings is 1. The number of benzene rings is 3. The van der Waals surface area contributed by atoms with Crippen molar-refractivity contribution in [1.29, 1.82) is 0 Å². The van der Waals surface area contributed by atoms with Gasteiger partial charge < -0.3 is 33.7 Å². The molecule has 14 heteroatoms. The van der Waals surface area contributed by atoms with E-state index in [1.165, 1.54) is 54.4 Å². The lowest BCUT2D eigenvalue weighted by molar-refractivity contribution is 0.0357. The summed E-state index contributed by atoms with van der Waals surface area (Å²) in [6.07, 6.45) is 3.91. The molecule has 0 atom stereocenters. The van der Waals surface area contributed by atoms with E-state index in [0.29, 0.717) is 40.4 Å². The number of hydrogen-bond acceptors (Lipinski definition) is 10. The molecule has 50 heavy (non-hydrogen) atoms. The normalized spacial score (nSPS) is 13.3. The third-order valence-electron chi connectivity index (χ3n) is 7.91. The lowest BCUT2D eigenvalue weighted by Gasteiger charge is -2.26. The standard InChI is InChI=1S/C36H37F2N5O7/c1-45-18-19-49-34-23-43(26-7-4-24(37)5-8-26)41-35(34)36(44)40-25-6-9-31(28(38)20-25)50-30-10-11-39-29-22-33(32(46-2)21-27(29)30)48-15-3-12-42-13-16-47-17-14-42/h4-11,20-23H,3,12-19H2,1-2H3,(H,40,44). The van der Waals surface area contributed by atoms with E-state index in [1.54, 1.807) is 31.5 Å². The van der Waals surface area contributed by atoms with E-state index in [0.717, 1.165) is 45.3 Å². The number of nitrogens with one attached hydrogen (secondary N) is 1. The van der Waals surface area contributed by atoms with Crippen molar-refractivity contribution >= 4 is 22.5 Å². The lowest BCUT2D eigenvalue weighted by Crippen LogP contribution is -2.37. The molecule has 3 heterocycles. The molecule has 6 rings (SSSR count). The van der Waals surface area contributed by atoms with E-state index in [4.69, 9.17) is 28.4 Å². The zero-order chi connectivity index (χ0) is 34.9. The molecule has 0 spiro atoms. The third-order valence-corrected chi connectivity index (χ3v) is 7.91. The third kappa shape index (κ3) is 8.45. The molecule has 0 saturated carbocycles. The Hall–Kier alpha value is -5.31.